The van der Waals surface area contributed by atoms with E-state index < -0.39 is 17.0 Å². The predicted molar refractivity (Wildman–Crippen MR) is 71.2 cm³/mol. The van der Waals surface area contributed by atoms with Crippen LogP contribution in [-0.4, -0.2) is 6.79 Å². The summed E-state index contributed by atoms with van der Waals surface area (Å²) in [4.78, 5) is 0. The largest absolute Gasteiger partial charge is 0.454 e. The van der Waals surface area contributed by atoms with Gasteiger partial charge in [0, 0.05) is 0 Å². The van der Waals surface area contributed by atoms with Crippen LogP contribution in [0.2, 0.25) is 0 Å². The molecule has 0 N–H and O–H groups in total. The first-order valence-corrected chi connectivity index (χ1v) is 6.55. The van der Waals surface area contributed by atoms with E-state index in [0.29, 0.717) is 11.5 Å². The van der Waals surface area contributed by atoms with E-state index in [0.717, 1.165) is 11.6 Å². The molecular weight excluding hydrogens is 286 g/mol. The quantitative estimate of drug-likeness (QED) is 0.790. The summed E-state index contributed by atoms with van der Waals surface area (Å²) in [6.45, 7) is 0.185. The molecule has 0 amide bonds. The molecule has 1 atom stereocenters. The number of hydrogen-bond donors (Lipinski definition) is 0. The number of alkyl halides is 1. The number of ether oxygens (including phenoxy) is 2. The topological polar surface area (TPSA) is 18.5 Å². The summed E-state index contributed by atoms with van der Waals surface area (Å²) in [5, 5.41) is -0.471. The van der Waals surface area contributed by atoms with Crippen molar-refractivity contribution in [3.8, 4) is 11.5 Å². The van der Waals surface area contributed by atoms with E-state index in [9.17, 15) is 8.78 Å². The lowest BCUT2D eigenvalue weighted by molar-refractivity contribution is 0.174. The Morgan fingerprint density at radius 1 is 1.10 bits per heavy atom. The molecule has 0 aliphatic carbocycles. The highest BCUT2D eigenvalue weighted by Crippen LogP contribution is 2.36. The van der Waals surface area contributed by atoms with Gasteiger partial charge in [0.1, 0.15) is 0 Å². The van der Waals surface area contributed by atoms with Crippen molar-refractivity contribution >= 4 is 11.6 Å². The number of benzene rings is 2. The summed E-state index contributed by atoms with van der Waals surface area (Å²) in [7, 11) is 0. The number of hydrogen-bond acceptors (Lipinski definition) is 2. The molecule has 5 heteroatoms. The lowest BCUT2D eigenvalue weighted by Crippen LogP contribution is -2.00. The van der Waals surface area contributed by atoms with Gasteiger partial charge < -0.3 is 9.47 Å². The van der Waals surface area contributed by atoms with Gasteiger partial charge in [0.05, 0.1) is 5.38 Å². The molecule has 0 saturated heterocycles. The lowest BCUT2D eigenvalue weighted by atomic mass is 10.0. The Morgan fingerprint density at radius 2 is 1.90 bits per heavy atom. The molecule has 104 valence electrons. The zero-order chi connectivity index (χ0) is 14.1. The van der Waals surface area contributed by atoms with Crippen molar-refractivity contribution in [2.75, 3.05) is 6.79 Å². The summed E-state index contributed by atoms with van der Waals surface area (Å²) in [6, 6.07) is 9.40. The summed E-state index contributed by atoms with van der Waals surface area (Å²) in [5.41, 5.74) is 1.03. The zero-order valence-corrected chi connectivity index (χ0v) is 11.2. The van der Waals surface area contributed by atoms with Crippen LogP contribution in [-0.2, 0) is 6.42 Å². The highest BCUT2D eigenvalue weighted by Gasteiger charge is 2.18. The molecular formula is C15H11ClF2O2. The Balaban J connectivity index is 1.82. The molecule has 2 aromatic rings. The van der Waals surface area contributed by atoms with Crippen LogP contribution in [0.5, 0.6) is 11.5 Å². The van der Waals surface area contributed by atoms with Gasteiger partial charge in [0.25, 0.3) is 0 Å². The standard InChI is InChI=1S/C15H11ClF2O2/c16-11(6-10-2-1-3-12(17)15(10)18)9-4-5-13-14(7-9)20-8-19-13/h1-5,7,11H,6,8H2. The normalized spacial score (nSPS) is 14.3. The average molecular weight is 297 g/mol. The van der Waals surface area contributed by atoms with Gasteiger partial charge >= 0.3 is 0 Å². The van der Waals surface area contributed by atoms with Gasteiger partial charge in [-0.1, -0.05) is 18.2 Å². The smallest absolute Gasteiger partial charge is 0.231 e. The average Bonchev–Trinajstić information content (AvgIpc) is 2.91. The molecule has 20 heavy (non-hydrogen) atoms. The van der Waals surface area contributed by atoms with Gasteiger partial charge in [0.2, 0.25) is 6.79 Å². The van der Waals surface area contributed by atoms with Crippen molar-refractivity contribution in [1.82, 2.24) is 0 Å². The van der Waals surface area contributed by atoms with Crippen LogP contribution >= 0.6 is 11.6 Å². The Hall–Kier alpha value is -1.81. The molecule has 1 aliphatic heterocycles. The van der Waals surface area contributed by atoms with E-state index in [4.69, 9.17) is 21.1 Å². The van der Waals surface area contributed by atoms with Crippen molar-refractivity contribution in [2.24, 2.45) is 0 Å². The van der Waals surface area contributed by atoms with E-state index in [1.165, 1.54) is 12.1 Å². The van der Waals surface area contributed by atoms with Gasteiger partial charge in [0.15, 0.2) is 23.1 Å². The molecule has 0 spiro atoms. The van der Waals surface area contributed by atoms with Gasteiger partial charge in [-0.05, 0) is 35.7 Å². The monoisotopic (exact) mass is 296 g/mol. The Morgan fingerprint density at radius 3 is 2.75 bits per heavy atom. The molecule has 0 fully saturated rings. The molecule has 0 saturated carbocycles. The second-order valence-electron chi connectivity index (χ2n) is 4.50. The van der Waals surface area contributed by atoms with E-state index in [-0.39, 0.29) is 18.8 Å². The Bertz CT molecular complexity index is 646. The van der Waals surface area contributed by atoms with E-state index in [1.807, 2.05) is 0 Å². The highest BCUT2D eigenvalue weighted by molar-refractivity contribution is 6.21. The molecule has 3 rings (SSSR count). The van der Waals surface area contributed by atoms with Crippen LogP contribution in [0.4, 0.5) is 8.78 Å². The lowest BCUT2D eigenvalue weighted by Gasteiger charge is -2.11. The fourth-order valence-corrected chi connectivity index (χ4v) is 2.43. The number of halogens is 3. The van der Waals surface area contributed by atoms with Gasteiger partial charge in [-0.2, -0.15) is 0 Å². The first kappa shape index (κ1) is 13.2. The second kappa shape index (κ2) is 5.29. The maximum atomic E-state index is 13.6. The van der Waals surface area contributed by atoms with Crippen molar-refractivity contribution in [3.63, 3.8) is 0 Å². The minimum absolute atomic E-state index is 0.185. The van der Waals surface area contributed by atoms with Gasteiger partial charge in [-0.3, -0.25) is 0 Å². The third-order valence-electron chi connectivity index (χ3n) is 3.19. The number of rotatable bonds is 3. The van der Waals surface area contributed by atoms with Gasteiger partial charge in [-0.25, -0.2) is 8.78 Å². The fraction of sp³-hybridized carbons (Fsp3) is 0.200. The third-order valence-corrected chi connectivity index (χ3v) is 3.60. The van der Waals surface area contributed by atoms with Crippen molar-refractivity contribution < 1.29 is 18.3 Å². The fourth-order valence-electron chi connectivity index (χ4n) is 2.12. The minimum atomic E-state index is -0.864. The van der Waals surface area contributed by atoms with Crippen LogP contribution < -0.4 is 9.47 Å². The number of fused-ring (bicyclic) bond motifs is 1. The predicted octanol–water partition coefficient (Wildman–Crippen LogP) is 4.22. The maximum Gasteiger partial charge on any atom is 0.231 e. The van der Waals surface area contributed by atoms with E-state index >= 15 is 0 Å². The first-order chi connectivity index (χ1) is 9.65. The second-order valence-corrected chi connectivity index (χ2v) is 5.02. The molecule has 0 bridgehead atoms. The highest BCUT2D eigenvalue weighted by atomic mass is 35.5. The maximum absolute atomic E-state index is 13.6. The zero-order valence-electron chi connectivity index (χ0n) is 10.4. The molecule has 1 unspecified atom stereocenters. The molecule has 2 nitrogen and oxygen atoms in total. The van der Waals surface area contributed by atoms with Crippen molar-refractivity contribution in [3.05, 3.63) is 59.2 Å². The summed E-state index contributed by atoms with van der Waals surface area (Å²) in [6.07, 6.45) is 0.199. The molecule has 0 radical (unpaired) electrons. The van der Waals surface area contributed by atoms with Crippen LogP contribution in [0.3, 0.4) is 0 Å². The Kier molecular flexibility index (Phi) is 3.49. The van der Waals surface area contributed by atoms with Crippen molar-refractivity contribution in [2.45, 2.75) is 11.8 Å². The van der Waals surface area contributed by atoms with E-state index in [2.05, 4.69) is 0 Å². The van der Waals surface area contributed by atoms with Crippen LogP contribution in [0.25, 0.3) is 0 Å². The van der Waals surface area contributed by atoms with E-state index in [1.54, 1.807) is 18.2 Å². The van der Waals surface area contributed by atoms with Crippen LogP contribution in [0, 0.1) is 11.6 Å². The molecule has 0 aromatic heterocycles. The van der Waals surface area contributed by atoms with Crippen LogP contribution in [0.15, 0.2) is 36.4 Å². The van der Waals surface area contributed by atoms with Crippen molar-refractivity contribution in [1.29, 1.82) is 0 Å². The van der Waals surface area contributed by atoms with Gasteiger partial charge in [-0.15, -0.1) is 11.6 Å². The Labute approximate surface area is 119 Å². The summed E-state index contributed by atoms with van der Waals surface area (Å²) in [5.74, 6) is -0.432. The molecule has 2 aromatic carbocycles. The third kappa shape index (κ3) is 2.43. The van der Waals surface area contributed by atoms with Crippen LogP contribution in [0.1, 0.15) is 16.5 Å². The summed E-state index contributed by atoms with van der Waals surface area (Å²) < 4.78 is 37.3. The molecule has 1 aliphatic rings. The summed E-state index contributed by atoms with van der Waals surface area (Å²) >= 11 is 6.28. The minimum Gasteiger partial charge on any atom is -0.454 e. The SMILES string of the molecule is Fc1cccc(CC(Cl)c2ccc3c(c2)OCO3)c1F. The molecule has 1 heterocycles. The first-order valence-electron chi connectivity index (χ1n) is 6.11.